The maximum atomic E-state index is 9.07. The fraction of sp³-hybridized carbons (Fsp3) is 0.556. The third-order valence-electron chi connectivity index (χ3n) is 1.74. The molecule has 2 atom stereocenters. The van der Waals surface area contributed by atoms with Crippen LogP contribution in [0.25, 0.3) is 0 Å². The van der Waals surface area contributed by atoms with Crippen LogP contribution in [0, 0.1) is 0 Å². The molecule has 0 aliphatic rings. The summed E-state index contributed by atoms with van der Waals surface area (Å²) in [6.07, 6.45) is -0.308. The number of aliphatic hydroxyl groups excluding tert-OH is 1. The first-order valence-corrected chi connectivity index (χ1v) is 5.45. The van der Waals surface area contributed by atoms with Crippen LogP contribution in [0.3, 0.4) is 0 Å². The van der Waals surface area contributed by atoms with Gasteiger partial charge in [0.25, 0.3) is 0 Å². The van der Waals surface area contributed by atoms with Crippen LogP contribution in [-0.4, -0.2) is 17.8 Å². The van der Waals surface area contributed by atoms with Crippen molar-refractivity contribution in [3.8, 4) is 0 Å². The zero-order chi connectivity index (χ0) is 9.84. The van der Waals surface area contributed by atoms with Crippen molar-refractivity contribution in [2.75, 3.05) is 6.54 Å². The Morgan fingerprint density at radius 1 is 1.54 bits per heavy atom. The van der Waals surface area contributed by atoms with Gasteiger partial charge in [-0.05, 0) is 26.0 Å². The van der Waals surface area contributed by atoms with E-state index in [1.54, 1.807) is 18.3 Å². The predicted octanol–water partition coefficient (Wildman–Crippen LogP) is 2.43. The molecule has 0 amide bonds. The number of hydrogen-bond acceptors (Lipinski definition) is 3. The monoisotopic (exact) mass is 219 g/mol. The van der Waals surface area contributed by atoms with Crippen molar-refractivity contribution in [2.45, 2.75) is 26.0 Å². The van der Waals surface area contributed by atoms with E-state index < -0.39 is 0 Å². The van der Waals surface area contributed by atoms with E-state index in [1.165, 1.54) is 4.88 Å². The van der Waals surface area contributed by atoms with Gasteiger partial charge in [0.15, 0.2) is 0 Å². The minimum Gasteiger partial charge on any atom is -0.392 e. The van der Waals surface area contributed by atoms with Gasteiger partial charge in [0, 0.05) is 17.5 Å². The second-order valence-electron chi connectivity index (χ2n) is 3.12. The minimum atomic E-state index is -0.308. The molecule has 0 saturated carbocycles. The number of rotatable bonds is 4. The second kappa shape index (κ2) is 4.96. The van der Waals surface area contributed by atoms with Crippen LogP contribution in [0.15, 0.2) is 12.1 Å². The summed E-state index contributed by atoms with van der Waals surface area (Å²) in [6, 6.07) is 4.15. The average Bonchev–Trinajstić information content (AvgIpc) is 2.47. The SMILES string of the molecule is C[C@@H](O)CN[C@H](C)c1ccc(Cl)s1. The van der Waals surface area contributed by atoms with Gasteiger partial charge in [-0.2, -0.15) is 0 Å². The largest absolute Gasteiger partial charge is 0.392 e. The second-order valence-corrected chi connectivity index (χ2v) is 4.87. The molecule has 1 rings (SSSR count). The van der Waals surface area contributed by atoms with E-state index in [4.69, 9.17) is 16.7 Å². The van der Waals surface area contributed by atoms with E-state index >= 15 is 0 Å². The van der Waals surface area contributed by atoms with Gasteiger partial charge in [-0.1, -0.05) is 11.6 Å². The Hall–Kier alpha value is -0.0900. The Bertz CT molecular complexity index is 262. The molecule has 0 bridgehead atoms. The average molecular weight is 220 g/mol. The van der Waals surface area contributed by atoms with Gasteiger partial charge < -0.3 is 10.4 Å². The molecule has 0 aromatic carbocycles. The van der Waals surface area contributed by atoms with Crippen molar-refractivity contribution in [2.24, 2.45) is 0 Å². The summed E-state index contributed by atoms with van der Waals surface area (Å²) in [6.45, 7) is 4.43. The van der Waals surface area contributed by atoms with Crippen molar-refractivity contribution in [3.05, 3.63) is 21.3 Å². The van der Waals surface area contributed by atoms with Crippen LogP contribution < -0.4 is 5.32 Å². The van der Waals surface area contributed by atoms with E-state index in [0.717, 1.165) is 4.34 Å². The molecule has 0 aliphatic carbocycles. The first-order valence-electron chi connectivity index (χ1n) is 4.26. The highest BCUT2D eigenvalue weighted by molar-refractivity contribution is 7.16. The van der Waals surface area contributed by atoms with Crippen LogP contribution in [0.5, 0.6) is 0 Å². The van der Waals surface area contributed by atoms with Crippen molar-refractivity contribution >= 4 is 22.9 Å². The normalized spacial score (nSPS) is 15.7. The maximum Gasteiger partial charge on any atom is 0.0931 e. The van der Waals surface area contributed by atoms with Gasteiger partial charge in [-0.25, -0.2) is 0 Å². The van der Waals surface area contributed by atoms with Crippen LogP contribution in [-0.2, 0) is 0 Å². The molecule has 0 radical (unpaired) electrons. The molecule has 0 unspecified atom stereocenters. The quantitative estimate of drug-likeness (QED) is 0.816. The van der Waals surface area contributed by atoms with Gasteiger partial charge in [0.2, 0.25) is 0 Å². The summed E-state index contributed by atoms with van der Waals surface area (Å²) in [7, 11) is 0. The lowest BCUT2D eigenvalue weighted by molar-refractivity contribution is 0.187. The van der Waals surface area contributed by atoms with Crippen LogP contribution in [0.4, 0.5) is 0 Å². The lowest BCUT2D eigenvalue weighted by atomic mass is 10.2. The summed E-state index contributed by atoms with van der Waals surface area (Å²) in [5.41, 5.74) is 0. The zero-order valence-electron chi connectivity index (χ0n) is 7.75. The van der Waals surface area contributed by atoms with E-state index in [-0.39, 0.29) is 12.1 Å². The molecule has 2 nitrogen and oxygen atoms in total. The lowest BCUT2D eigenvalue weighted by Gasteiger charge is -2.12. The lowest BCUT2D eigenvalue weighted by Crippen LogP contribution is -2.26. The first kappa shape index (κ1) is 11.0. The van der Waals surface area contributed by atoms with Gasteiger partial charge in [-0.3, -0.25) is 0 Å². The highest BCUT2D eigenvalue weighted by atomic mass is 35.5. The summed E-state index contributed by atoms with van der Waals surface area (Å²) in [5, 5.41) is 12.3. The Kier molecular flexibility index (Phi) is 4.19. The number of nitrogens with one attached hydrogen (secondary N) is 1. The summed E-state index contributed by atoms with van der Waals surface area (Å²) in [4.78, 5) is 1.20. The first-order chi connectivity index (χ1) is 6.09. The zero-order valence-corrected chi connectivity index (χ0v) is 9.32. The van der Waals surface area contributed by atoms with Crippen LogP contribution >= 0.6 is 22.9 Å². The van der Waals surface area contributed by atoms with E-state index in [0.29, 0.717) is 6.54 Å². The molecule has 1 aromatic rings. The summed E-state index contributed by atoms with van der Waals surface area (Å²) in [5.74, 6) is 0. The topological polar surface area (TPSA) is 32.3 Å². The van der Waals surface area contributed by atoms with Crippen molar-refractivity contribution in [1.29, 1.82) is 0 Å². The van der Waals surface area contributed by atoms with Crippen LogP contribution in [0.1, 0.15) is 24.8 Å². The molecule has 74 valence electrons. The Balaban J connectivity index is 2.44. The van der Waals surface area contributed by atoms with Gasteiger partial charge in [0.05, 0.1) is 10.4 Å². The minimum absolute atomic E-state index is 0.257. The fourth-order valence-corrected chi connectivity index (χ4v) is 2.10. The van der Waals surface area contributed by atoms with Crippen molar-refractivity contribution in [1.82, 2.24) is 5.32 Å². The van der Waals surface area contributed by atoms with Crippen molar-refractivity contribution in [3.63, 3.8) is 0 Å². The van der Waals surface area contributed by atoms with E-state index in [9.17, 15) is 0 Å². The Morgan fingerprint density at radius 2 is 2.23 bits per heavy atom. The molecule has 13 heavy (non-hydrogen) atoms. The molecular formula is C9H14ClNOS. The molecule has 0 spiro atoms. The third kappa shape index (κ3) is 3.65. The van der Waals surface area contributed by atoms with Gasteiger partial charge >= 0.3 is 0 Å². The molecule has 1 aromatic heterocycles. The molecule has 0 aliphatic heterocycles. The maximum absolute atomic E-state index is 9.07. The highest BCUT2D eigenvalue weighted by Gasteiger charge is 2.07. The third-order valence-corrected chi connectivity index (χ3v) is 3.15. The molecule has 2 N–H and O–H groups in total. The summed E-state index contributed by atoms with van der Waals surface area (Å²) >= 11 is 7.38. The summed E-state index contributed by atoms with van der Waals surface area (Å²) < 4.78 is 0.806. The number of thiophene rings is 1. The molecule has 1 heterocycles. The van der Waals surface area contributed by atoms with E-state index in [2.05, 4.69) is 12.2 Å². The standard InChI is InChI=1S/C9H14ClNOS/c1-6(12)5-11-7(2)8-3-4-9(10)13-8/h3-4,6-7,11-12H,5H2,1-2H3/t6-,7-/m1/s1. The molecule has 0 fully saturated rings. The predicted molar refractivity (Wildman–Crippen MR) is 57.4 cm³/mol. The molecular weight excluding hydrogens is 206 g/mol. The molecule has 0 saturated heterocycles. The molecule has 4 heteroatoms. The fourth-order valence-electron chi connectivity index (χ4n) is 1.01. The Labute approximate surface area is 87.5 Å². The highest BCUT2D eigenvalue weighted by Crippen LogP contribution is 2.26. The number of aliphatic hydroxyl groups is 1. The van der Waals surface area contributed by atoms with Gasteiger partial charge in [-0.15, -0.1) is 11.3 Å². The van der Waals surface area contributed by atoms with Crippen molar-refractivity contribution < 1.29 is 5.11 Å². The number of hydrogen-bond donors (Lipinski definition) is 2. The Morgan fingerprint density at radius 3 is 2.69 bits per heavy atom. The smallest absolute Gasteiger partial charge is 0.0931 e. The van der Waals surface area contributed by atoms with Crippen LogP contribution in [0.2, 0.25) is 4.34 Å². The van der Waals surface area contributed by atoms with E-state index in [1.807, 2.05) is 12.1 Å². The van der Waals surface area contributed by atoms with Gasteiger partial charge in [0.1, 0.15) is 0 Å². The number of halogens is 1.